The van der Waals surface area contributed by atoms with Crippen molar-refractivity contribution in [3.63, 3.8) is 0 Å². The number of benzene rings is 1. The van der Waals surface area contributed by atoms with E-state index in [0.717, 1.165) is 36.4 Å². The Morgan fingerprint density at radius 3 is 2.88 bits per heavy atom. The van der Waals surface area contributed by atoms with Crippen LogP contribution in [0.3, 0.4) is 0 Å². The van der Waals surface area contributed by atoms with E-state index in [1.54, 1.807) is 6.07 Å². The zero-order valence-corrected chi connectivity index (χ0v) is 9.92. The standard InChI is InChI=1S/C13H19NO2/c1-9-7-13(15)10(2)6-12(9)14-8-11-4-3-5-16-11/h6-7,11,14-15H,3-5,8H2,1-2H3. The van der Waals surface area contributed by atoms with Gasteiger partial charge in [-0.05, 0) is 49.9 Å². The number of aromatic hydroxyl groups is 1. The lowest BCUT2D eigenvalue weighted by atomic mass is 10.1. The van der Waals surface area contributed by atoms with Crippen molar-refractivity contribution in [1.29, 1.82) is 0 Å². The van der Waals surface area contributed by atoms with Crippen LogP contribution in [0.15, 0.2) is 12.1 Å². The third-order valence-corrected chi connectivity index (χ3v) is 3.09. The lowest BCUT2D eigenvalue weighted by molar-refractivity contribution is 0.120. The fraction of sp³-hybridized carbons (Fsp3) is 0.538. The molecule has 1 aliphatic rings. The molecule has 1 aromatic rings. The van der Waals surface area contributed by atoms with E-state index in [1.165, 1.54) is 6.42 Å². The molecule has 3 heteroatoms. The molecule has 1 unspecified atom stereocenters. The fourth-order valence-corrected chi connectivity index (χ4v) is 2.02. The van der Waals surface area contributed by atoms with Crippen LogP contribution in [0.5, 0.6) is 5.75 Å². The summed E-state index contributed by atoms with van der Waals surface area (Å²) in [7, 11) is 0. The number of nitrogens with one attached hydrogen (secondary N) is 1. The number of phenols is 1. The van der Waals surface area contributed by atoms with E-state index >= 15 is 0 Å². The summed E-state index contributed by atoms with van der Waals surface area (Å²) >= 11 is 0. The molecule has 1 atom stereocenters. The molecule has 16 heavy (non-hydrogen) atoms. The van der Waals surface area contributed by atoms with Gasteiger partial charge in [-0.25, -0.2) is 0 Å². The molecule has 1 aromatic carbocycles. The van der Waals surface area contributed by atoms with Gasteiger partial charge in [-0.1, -0.05) is 0 Å². The predicted molar refractivity (Wildman–Crippen MR) is 65.0 cm³/mol. The smallest absolute Gasteiger partial charge is 0.118 e. The Morgan fingerprint density at radius 1 is 1.38 bits per heavy atom. The number of aryl methyl sites for hydroxylation is 2. The van der Waals surface area contributed by atoms with Crippen LogP contribution >= 0.6 is 0 Å². The molecular formula is C13H19NO2. The summed E-state index contributed by atoms with van der Waals surface area (Å²) in [4.78, 5) is 0. The summed E-state index contributed by atoms with van der Waals surface area (Å²) in [6.07, 6.45) is 2.65. The summed E-state index contributed by atoms with van der Waals surface area (Å²) in [6.45, 7) is 5.65. The molecule has 0 radical (unpaired) electrons. The number of rotatable bonds is 3. The second-order valence-electron chi connectivity index (χ2n) is 4.47. The molecule has 88 valence electrons. The number of hydrogen-bond acceptors (Lipinski definition) is 3. The van der Waals surface area contributed by atoms with Crippen LogP contribution in [-0.4, -0.2) is 24.4 Å². The van der Waals surface area contributed by atoms with Crippen LogP contribution in [0.1, 0.15) is 24.0 Å². The third-order valence-electron chi connectivity index (χ3n) is 3.09. The van der Waals surface area contributed by atoms with Crippen LogP contribution in [0.25, 0.3) is 0 Å². The van der Waals surface area contributed by atoms with Crippen LogP contribution in [-0.2, 0) is 4.74 Å². The maximum atomic E-state index is 9.55. The molecule has 1 saturated heterocycles. The van der Waals surface area contributed by atoms with Gasteiger partial charge in [0, 0.05) is 18.8 Å². The largest absolute Gasteiger partial charge is 0.508 e. The Labute approximate surface area is 96.4 Å². The quantitative estimate of drug-likeness (QED) is 0.771. The van der Waals surface area contributed by atoms with Crippen molar-refractivity contribution in [3.8, 4) is 5.75 Å². The summed E-state index contributed by atoms with van der Waals surface area (Å²) in [6, 6.07) is 3.78. The molecule has 1 aliphatic heterocycles. The van der Waals surface area contributed by atoms with Gasteiger partial charge in [-0.15, -0.1) is 0 Å². The summed E-state index contributed by atoms with van der Waals surface area (Å²) in [5.74, 6) is 0.361. The van der Waals surface area contributed by atoms with E-state index in [2.05, 4.69) is 5.32 Å². The van der Waals surface area contributed by atoms with Crippen LogP contribution < -0.4 is 5.32 Å². The fourth-order valence-electron chi connectivity index (χ4n) is 2.02. The summed E-state index contributed by atoms with van der Waals surface area (Å²) in [5, 5.41) is 12.9. The van der Waals surface area contributed by atoms with Crippen molar-refractivity contribution >= 4 is 5.69 Å². The van der Waals surface area contributed by atoms with Gasteiger partial charge in [0.2, 0.25) is 0 Å². The maximum absolute atomic E-state index is 9.55. The first kappa shape index (κ1) is 11.3. The highest BCUT2D eigenvalue weighted by atomic mass is 16.5. The molecule has 0 amide bonds. The van der Waals surface area contributed by atoms with Gasteiger partial charge in [-0.2, -0.15) is 0 Å². The van der Waals surface area contributed by atoms with Gasteiger partial charge in [-0.3, -0.25) is 0 Å². The Morgan fingerprint density at radius 2 is 2.19 bits per heavy atom. The molecule has 0 spiro atoms. The van der Waals surface area contributed by atoms with E-state index in [4.69, 9.17) is 4.74 Å². The number of hydrogen-bond donors (Lipinski definition) is 2. The van der Waals surface area contributed by atoms with Crippen molar-refractivity contribution in [3.05, 3.63) is 23.3 Å². The van der Waals surface area contributed by atoms with Gasteiger partial charge in [0.25, 0.3) is 0 Å². The van der Waals surface area contributed by atoms with E-state index in [1.807, 2.05) is 19.9 Å². The van der Waals surface area contributed by atoms with Crippen molar-refractivity contribution in [2.45, 2.75) is 32.8 Å². The lowest BCUT2D eigenvalue weighted by Crippen LogP contribution is -2.18. The monoisotopic (exact) mass is 221 g/mol. The molecule has 2 N–H and O–H groups in total. The second-order valence-corrected chi connectivity index (χ2v) is 4.47. The van der Waals surface area contributed by atoms with Gasteiger partial charge in [0.05, 0.1) is 6.10 Å². The van der Waals surface area contributed by atoms with Gasteiger partial charge >= 0.3 is 0 Å². The first-order chi connectivity index (χ1) is 7.66. The van der Waals surface area contributed by atoms with Crippen LogP contribution in [0.2, 0.25) is 0 Å². The van der Waals surface area contributed by atoms with E-state index in [-0.39, 0.29) is 0 Å². The molecule has 1 heterocycles. The van der Waals surface area contributed by atoms with Gasteiger partial charge in [0.1, 0.15) is 5.75 Å². The highest BCUT2D eigenvalue weighted by Gasteiger charge is 2.15. The minimum absolute atomic E-state index is 0.341. The Hall–Kier alpha value is -1.22. The van der Waals surface area contributed by atoms with E-state index < -0.39 is 0 Å². The SMILES string of the molecule is Cc1cc(NCC2CCCO2)c(C)cc1O. The van der Waals surface area contributed by atoms with Crippen molar-refractivity contribution < 1.29 is 9.84 Å². The first-order valence-electron chi connectivity index (χ1n) is 5.82. The van der Waals surface area contributed by atoms with Crippen molar-refractivity contribution in [2.75, 3.05) is 18.5 Å². The number of anilines is 1. The normalized spacial score (nSPS) is 20.0. The van der Waals surface area contributed by atoms with Gasteiger partial charge in [0.15, 0.2) is 0 Å². The summed E-state index contributed by atoms with van der Waals surface area (Å²) in [5.41, 5.74) is 3.06. The third kappa shape index (κ3) is 2.47. The molecule has 0 bridgehead atoms. The molecule has 0 saturated carbocycles. The lowest BCUT2D eigenvalue weighted by Gasteiger charge is -2.15. The maximum Gasteiger partial charge on any atom is 0.118 e. The Bertz CT molecular complexity index is 370. The number of phenolic OH excluding ortho intramolecular Hbond substituents is 1. The second kappa shape index (κ2) is 4.74. The zero-order chi connectivity index (χ0) is 11.5. The highest BCUT2D eigenvalue weighted by molar-refractivity contribution is 5.56. The molecule has 0 aromatic heterocycles. The topological polar surface area (TPSA) is 41.5 Å². The minimum Gasteiger partial charge on any atom is -0.508 e. The average molecular weight is 221 g/mol. The minimum atomic E-state index is 0.341. The van der Waals surface area contributed by atoms with Crippen molar-refractivity contribution in [1.82, 2.24) is 0 Å². The Balaban J connectivity index is 2.00. The van der Waals surface area contributed by atoms with Crippen molar-refractivity contribution in [2.24, 2.45) is 0 Å². The van der Waals surface area contributed by atoms with Crippen LogP contribution in [0.4, 0.5) is 5.69 Å². The first-order valence-corrected chi connectivity index (χ1v) is 5.82. The molecule has 0 aliphatic carbocycles. The number of ether oxygens (including phenoxy) is 1. The van der Waals surface area contributed by atoms with E-state index in [0.29, 0.717) is 11.9 Å². The molecule has 1 fully saturated rings. The zero-order valence-electron chi connectivity index (χ0n) is 9.92. The molecular weight excluding hydrogens is 202 g/mol. The van der Waals surface area contributed by atoms with Gasteiger partial charge < -0.3 is 15.2 Å². The molecule has 3 nitrogen and oxygen atoms in total. The average Bonchev–Trinajstić information content (AvgIpc) is 2.74. The highest BCUT2D eigenvalue weighted by Crippen LogP contribution is 2.25. The summed E-state index contributed by atoms with van der Waals surface area (Å²) < 4.78 is 5.56. The van der Waals surface area contributed by atoms with E-state index in [9.17, 15) is 5.11 Å². The Kier molecular flexibility index (Phi) is 3.34. The molecule has 2 rings (SSSR count). The predicted octanol–water partition coefficient (Wildman–Crippen LogP) is 2.60. The van der Waals surface area contributed by atoms with Crippen LogP contribution in [0, 0.1) is 13.8 Å².